The van der Waals surface area contributed by atoms with Gasteiger partial charge in [-0.3, -0.25) is 19.9 Å². The van der Waals surface area contributed by atoms with Crippen molar-refractivity contribution < 1.29 is 18.8 Å². The number of H-pyrrole nitrogens is 2. The third-order valence-electron chi connectivity index (χ3n) is 7.76. The highest BCUT2D eigenvalue weighted by Crippen LogP contribution is 2.33. The molecule has 248 valence electrons. The van der Waals surface area contributed by atoms with E-state index in [1.807, 2.05) is 52.7 Å². The summed E-state index contributed by atoms with van der Waals surface area (Å²) < 4.78 is 14.5. The van der Waals surface area contributed by atoms with E-state index in [-0.39, 0.29) is 17.6 Å². The zero-order chi connectivity index (χ0) is 34.6. The molecule has 1 saturated carbocycles. The average Bonchev–Trinajstić information content (AvgIpc) is 3.91. The Hall–Kier alpha value is -5.69. The van der Waals surface area contributed by atoms with Crippen LogP contribution in [0, 0.1) is 11.7 Å². The Balaban J connectivity index is 0.000000823. The molecule has 13 heteroatoms. The molecular weight excluding hydrogens is 613 g/mol. The summed E-state index contributed by atoms with van der Waals surface area (Å²) in [5, 5.41) is 14.3. The van der Waals surface area contributed by atoms with E-state index in [0.717, 1.165) is 53.3 Å². The number of nitrogens with zero attached hydrogens (tertiary/aromatic N) is 5. The smallest absolute Gasteiger partial charge is 0.227 e. The van der Waals surface area contributed by atoms with Gasteiger partial charge in [0.2, 0.25) is 5.91 Å². The van der Waals surface area contributed by atoms with E-state index >= 15 is 0 Å². The molecule has 0 unspecified atom stereocenters. The van der Waals surface area contributed by atoms with Gasteiger partial charge < -0.3 is 25.2 Å². The molecule has 0 atom stereocenters. The Labute approximate surface area is 277 Å². The second-order valence-electron chi connectivity index (χ2n) is 10.7. The number of nitrogens with one attached hydrogen (secondary N) is 4. The molecule has 48 heavy (non-hydrogen) atoms. The van der Waals surface area contributed by atoms with Crippen molar-refractivity contribution >= 4 is 47.2 Å². The van der Waals surface area contributed by atoms with Crippen molar-refractivity contribution in [3.8, 4) is 33.8 Å². The van der Waals surface area contributed by atoms with Crippen LogP contribution in [0.1, 0.15) is 45.1 Å². The molecule has 12 nitrogen and oxygen atoms in total. The van der Waals surface area contributed by atoms with Crippen LogP contribution in [0.25, 0.3) is 55.8 Å². The zero-order valence-corrected chi connectivity index (χ0v) is 27.1. The minimum Gasteiger partial charge on any atom is -0.335 e. The number of aromatic amines is 2. The first-order valence-corrected chi connectivity index (χ1v) is 15.5. The number of carbonyl (C=O) groups excluding carboxylic acids is 3. The first-order chi connectivity index (χ1) is 23.6. The molecular formula is C35H38FN9O3. The van der Waals surface area contributed by atoms with Gasteiger partial charge >= 0.3 is 0 Å². The molecule has 0 saturated heterocycles. The minimum atomic E-state index is -0.319. The number of halogens is 1. The van der Waals surface area contributed by atoms with Gasteiger partial charge in [-0.2, -0.15) is 5.10 Å². The van der Waals surface area contributed by atoms with Crippen LogP contribution in [0.4, 0.5) is 10.1 Å². The number of benzene rings is 1. The second-order valence-corrected chi connectivity index (χ2v) is 10.7. The van der Waals surface area contributed by atoms with Crippen LogP contribution in [-0.2, 0) is 20.9 Å². The van der Waals surface area contributed by atoms with Crippen LogP contribution < -0.4 is 10.6 Å². The highest BCUT2D eigenvalue weighted by atomic mass is 19.1. The first kappa shape index (κ1) is 35.2. The second kappa shape index (κ2) is 16.7. The van der Waals surface area contributed by atoms with E-state index in [2.05, 4.69) is 40.8 Å². The lowest BCUT2D eigenvalue weighted by Gasteiger charge is -2.11. The summed E-state index contributed by atoms with van der Waals surface area (Å²) in [5.74, 6) is 0.354. The molecule has 1 fully saturated rings. The number of pyridine rings is 3. The number of fused-ring (bicyclic) bond motifs is 2. The number of imidazole rings is 1. The summed E-state index contributed by atoms with van der Waals surface area (Å²) >= 11 is 0. The molecule has 4 N–H and O–H groups in total. The Morgan fingerprint density at radius 2 is 1.65 bits per heavy atom. The Morgan fingerprint density at radius 1 is 0.917 bits per heavy atom. The third kappa shape index (κ3) is 7.64. The van der Waals surface area contributed by atoms with E-state index in [0.29, 0.717) is 46.0 Å². The van der Waals surface area contributed by atoms with Crippen molar-refractivity contribution in [3.63, 3.8) is 0 Å². The summed E-state index contributed by atoms with van der Waals surface area (Å²) in [5.41, 5.74) is 7.12. The molecule has 1 aliphatic carbocycles. The average molecular weight is 652 g/mol. The summed E-state index contributed by atoms with van der Waals surface area (Å²) in [6.45, 7) is 8.54. The van der Waals surface area contributed by atoms with Gasteiger partial charge in [0.15, 0.2) is 11.5 Å². The predicted octanol–water partition coefficient (Wildman–Crippen LogP) is 6.27. The number of hydrogen-bond donors (Lipinski definition) is 4. The van der Waals surface area contributed by atoms with Gasteiger partial charge in [0, 0.05) is 47.7 Å². The molecule has 0 aliphatic heterocycles. The monoisotopic (exact) mass is 651 g/mol. The summed E-state index contributed by atoms with van der Waals surface area (Å²) in [4.78, 5) is 50.2. The largest absolute Gasteiger partial charge is 0.335 e. The van der Waals surface area contributed by atoms with Crippen molar-refractivity contribution in [2.75, 3.05) is 12.4 Å². The number of aromatic nitrogens is 7. The van der Waals surface area contributed by atoms with Crippen LogP contribution in [0.5, 0.6) is 0 Å². The van der Waals surface area contributed by atoms with Gasteiger partial charge in [-0.05, 0) is 61.3 Å². The molecule has 6 aromatic rings. The van der Waals surface area contributed by atoms with Crippen molar-refractivity contribution in [2.45, 2.75) is 46.1 Å². The summed E-state index contributed by atoms with van der Waals surface area (Å²) in [6, 6.07) is 8.82. The summed E-state index contributed by atoms with van der Waals surface area (Å²) in [6.07, 6.45) is 12.6. The molecule has 0 bridgehead atoms. The maximum Gasteiger partial charge on any atom is 0.227 e. The fraction of sp³-hybridized carbons (Fsp3) is 0.257. The Morgan fingerprint density at radius 3 is 2.40 bits per heavy atom. The zero-order valence-electron chi connectivity index (χ0n) is 27.1. The fourth-order valence-electron chi connectivity index (χ4n) is 5.71. The van der Waals surface area contributed by atoms with Crippen molar-refractivity contribution in [1.29, 1.82) is 0 Å². The highest BCUT2D eigenvalue weighted by molar-refractivity contribution is 5.97. The predicted molar refractivity (Wildman–Crippen MR) is 184 cm³/mol. The quantitative estimate of drug-likeness (QED) is 0.155. The molecule has 1 aliphatic rings. The van der Waals surface area contributed by atoms with Gasteiger partial charge in [-0.1, -0.05) is 26.7 Å². The van der Waals surface area contributed by atoms with E-state index in [1.165, 1.54) is 12.1 Å². The maximum absolute atomic E-state index is 14.5. The standard InChI is InChI=1S/C31H28FN9O.C2H6.2CH2O/c1-33-11-17-6-19(8-22(32)7-17)25-15-35-16-26-27(25)39-30(38-26)28-24-10-21(13-36-29(24)41-40-28)20-9-23(14-34-12-20)37-31(42)18-4-2-3-5-18;3*1-2/h6-10,12-16,18,33H,2-5,11H2,1H3,(H,37,42)(H,38,39)(H,36,40,41);1-2H3;2*1H2. The number of amides is 1. The molecule has 5 aromatic heterocycles. The minimum absolute atomic E-state index is 0.0485. The van der Waals surface area contributed by atoms with Gasteiger partial charge in [0.05, 0.1) is 34.5 Å². The SMILES string of the molecule is C=O.C=O.CC.CNCc1cc(F)cc(-c2cncc3[nH]c(-c4[nH]nc5ncc(-c6cncc(NC(=O)C7CCCC7)c6)cc45)nc23)c1. The van der Waals surface area contributed by atoms with Crippen molar-refractivity contribution in [2.24, 2.45) is 5.92 Å². The molecule has 1 aromatic carbocycles. The van der Waals surface area contributed by atoms with E-state index < -0.39 is 0 Å². The van der Waals surface area contributed by atoms with E-state index in [4.69, 9.17) is 14.6 Å². The van der Waals surface area contributed by atoms with Crippen molar-refractivity contribution in [3.05, 3.63) is 72.7 Å². The lowest BCUT2D eigenvalue weighted by atomic mass is 10.0. The van der Waals surface area contributed by atoms with Crippen LogP contribution in [0.15, 0.2) is 61.3 Å². The molecule has 0 spiro atoms. The first-order valence-electron chi connectivity index (χ1n) is 15.5. The fourth-order valence-corrected chi connectivity index (χ4v) is 5.71. The number of anilines is 1. The van der Waals surface area contributed by atoms with Gasteiger partial charge in [-0.25, -0.2) is 14.4 Å². The Bertz CT molecular complexity index is 1980. The van der Waals surface area contributed by atoms with Crippen molar-refractivity contribution in [1.82, 2.24) is 40.4 Å². The van der Waals surface area contributed by atoms with Crippen LogP contribution in [0.2, 0.25) is 0 Å². The number of hydrogen-bond acceptors (Lipinski definition) is 9. The number of rotatable bonds is 7. The molecule has 5 heterocycles. The van der Waals surface area contributed by atoms with Crippen LogP contribution >= 0.6 is 0 Å². The number of carbonyl (C=O) groups is 3. The topological polar surface area (TPSA) is 171 Å². The third-order valence-corrected chi connectivity index (χ3v) is 7.76. The van der Waals surface area contributed by atoms with E-state index in [1.54, 1.807) is 31.0 Å². The summed E-state index contributed by atoms with van der Waals surface area (Å²) in [7, 11) is 1.82. The Kier molecular flexibility index (Phi) is 12.3. The molecule has 1 amide bonds. The maximum atomic E-state index is 14.5. The van der Waals surface area contributed by atoms with Gasteiger partial charge in [0.1, 0.15) is 25.1 Å². The molecule has 0 radical (unpaired) electrons. The van der Waals surface area contributed by atoms with Crippen LogP contribution in [-0.4, -0.2) is 61.7 Å². The normalized spacial score (nSPS) is 12.3. The van der Waals surface area contributed by atoms with Crippen LogP contribution in [0.3, 0.4) is 0 Å². The van der Waals surface area contributed by atoms with Gasteiger partial charge in [0.25, 0.3) is 0 Å². The van der Waals surface area contributed by atoms with E-state index in [9.17, 15) is 9.18 Å². The lowest BCUT2D eigenvalue weighted by molar-refractivity contribution is -0.119. The van der Waals surface area contributed by atoms with Gasteiger partial charge in [-0.15, -0.1) is 0 Å². The lowest BCUT2D eigenvalue weighted by Crippen LogP contribution is -2.20. The molecule has 7 rings (SSSR count). The highest BCUT2D eigenvalue weighted by Gasteiger charge is 2.23.